The van der Waals surface area contributed by atoms with Gasteiger partial charge in [0.2, 0.25) is 0 Å². The smallest absolute Gasteiger partial charge is 0.129 e. The second kappa shape index (κ2) is 4.82. The molecule has 3 heteroatoms. The Bertz CT molecular complexity index is 263. The van der Waals surface area contributed by atoms with Crippen molar-refractivity contribution >= 4 is 5.82 Å². The van der Waals surface area contributed by atoms with Gasteiger partial charge in [0.15, 0.2) is 0 Å². The summed E-state index contributed by atoms with van der Waals surface area (Å²) in [5.74, 6) is 0.906. The van der Waals surface area contributed by atoms with Gasteiger partial charge in [-0.1, -0.05) is 6.07 Å². The molecule has 0 aromatic carbocycles. The highest BCUT2D eigenvalue weighted by Gasteiger charge is 2.03. The van der Waals surface area contributed by atoms with E-state index in [-0.39, 0.29) is 12.6 Å². The molecule has 72 valence electrons. The number of nitrogens with zero attached hydrogens (tertiary/aromatic N) is 1. The number of nitrogens with one attached hydrogen (secondary N) is 1. The maximum Gasteiger partial charge on any atom is 0.129 e. The molecule has 0 aliphatic heterocycles. The average molecular weight is 180 g/mol. The summed E-state index contributed by atoms with van der Waals surface area (Å²) in [7, 11) is 0. The first-order chi connectivity index (χ1) is 6.24. The van der Waals surface area contributed by atoms with E-state index in [1.807, 2.05) is 26.0 Å². The van der Waals surface area contributed by atoms with Crippen molar-refractivity contribution < 1.29 is 5.11 Å². The van der Waals surface area contributed by atoms with Crippen molar-refractivity contribution in [2.75, 3.05) is 11.9 Å². The Labute approximate surface area is 78.8 Å². The zero-order valence-electron chi connectivity index (χ0n) is 8.12. The molecule has 0 spiro atoms. The fraction of sp³-hybridized carbons (Fsp3) is 0.500. The molecule has 0 saturated heterocycles. The van der Waals surface area contributed by atoms with Crippen molar-refractivity contribution in [3.05, 3.63) is 23.9 Å². The van der Waals surface area contributed by atoms with Gasteiger partial charge in [-0.15, -0.1) is 0 Å². The van der Waals surface area contributed by atoms with E-state index >= 15 is 0 Å². The molecule has 13 heavy (non-hydrogen) atoms. The highest BCUT2D eigenvalue weighted by Crippen LogP contribution is 2.11. The molecule has 0 amide bonds. The first-order valence-corrected chi connectivity index (χ1v) is 4.53. The predicted octanol–water partition coefficient (Wildman–Crippen LogP) is 1.57. The number of aliphatic hydroxyl groups is 1. The summed E-state index contributed by atoms with van der Waals surface area (Å²) in [5, 5.41) is 12.0. The fourth-order valence-electron chi connectivity index (χ4n) is 1.14. The molecule has 3 nitrogen and oxygen atoms in total. The molecule has 0 aliphatic rings. The van der Waals surface area contributed by atoms with Crippen molar-refractivity contribution in [3.63, 3.8) is 0 Å². The lowest BCUT2D eigenvalue weighted by Crippen LogP contribution is -2.17. The lowest BCUT2D eigenvalue weighted by Gasteiger charge is -2.14. The predicted molar refractivity (Wildman–Crippen MR) is 53.8 cm³/mol. The van der Waals surface area contributed by atoms with E-state index in [1.165, 1.54) is 0 Å². The van der Waals surface area contributed by atoms with Gasteiger partial charge >= 0.3 is 0 Å². The monoisotopic (exact) mass is 180 g/mol. The summed E-state index contributed by atoms with van der Waals surface area (Å²) >= 11 is 0. The van der Waals surface area contributed by atoms with Crippen LogP contribution in [-0.2, 0) is 0 Å². The third kappa shape index (κ3) is 3.03. The van der Waals surface area contributed by atoms with Crippen LogP contribution in [0.3, 0.4) is 0 Å². The Morgan fingerprint density at radius 1 is 1.62 bits per heavy atom. The van der Waals surface area contributed by atoms with E-state index in [1.54, 1.807) is 6.20 Å². The van der Waals surface area contributed by atoms with Gasteiger partial charge in [0.25, 0.3) is 0 Å². The van der Waals surface area contributed by atoms with Crippen molar-refractivity contribution in [2.45, 2.75) is 26.3 Å². The molecule has 1 aromatic rings. The standard InChI is InChI=1S/C10H16N2O/c1-8-4-3-6-11-10(8)12-9(2)5-7-13/h3-4,6,9,13H,5,7H2,1-2H3,(H,11,12). The molecule has 2 N–H and O–H groups in total. The lowest BCUT2D eigenvalue weighted by atomic mass is 10.2. The molecule has 0 radical (unpaired) electrons. The zero-order valence-corrected chi connectivity index (χ0v) is 8.12. The van der Waals surface area contributed by atoms with Crippen LogP contribution >= 0.6 is 0 Å². The summed E-state index contributed by atoms with van der Waals surface area (Å²) in [4.78, 5) is 4.21. The fourth-order valence-corrected chi connectivity index (χ4v) is 1.14. The van der Waals surface area contributed by atoms with Crippen LogP contribution in [0.5, 0.6) is 0 Å². The molecule has 0 aliphatic carbocycles. The topological polar surface area (TPSA) is 45.2 Å². The van der Waals surface area contributed by atoms with Gasteiger partial charge in [-0.25, -0.2) is 4.98 Å². The minimum atomic E-state index is 0.208. The summed E-state index contributed by atoms with van der Waals surface area (Å²) in [5.41, 5.74) is 1.13. The Hall–Kier alpha value is -1.09. The molecular weight excluding hydrogens is 164 g/mol. The van der Waals surface area contributed by atoms with Crippen LogP contribution in [0.4, 0.5) is 5.82 Å². The van der Waals surface area contributed by atoms with Crippen molar-refractivity contribution in [2.24, 2.45) is 0 Å². The Morgan fingerprint density at radius 2 is 2.38 bits per heavy atom. The van der Waals surface area contributed by atoms with E-state index in [0.717, 1.165) is 17.8 Å². The number of anilines is 1. The van der Waals surface area contributed by atoms with Gasteiger partial charge < -0.3 is 10.4 Å². The maximum atomic E-state index is 8.72. The van der Waals surface area contributed by atoms with Crippen molar-refractivity contribution in [3.8, 4) is 0 Å². The van der Waals surface area contributed by atoms with Gasteiger partial charge in [-0.05, 0) is 31.9 Å². The molecule has 1 unspecified atom stereocenters. The van der Waals surface area contributed by atoms with Crippen LogP contribution in [0.1, 0.15) is 18.9 Å². The van der Waals surface area contributed by atoms with Crippen molar-refractivity contribution in [1.29, 1.82) is 0 Å². The SMILES string of the molecule is Cc1cccnc1NC(C)CCO. The number of aliphatic hydroxyl groups excluding tert-OH is 1. The molecule has 0 fully saturated rings. The third-order valence-corrected chi connectivity index (χ3v) is 1.95. The van der Waals surface area contributed by atoms with Gasteiger partial charge in [-0.3, -0.25) is 0 Å². The normalized spacial score (nSPS) is 12.5. The summed E-state index contributed by atoms with van der Waals surface area (Å²) < 4.78 is 0. The van der Waals surface area contributed by atoms with Crippen LogP contribution in [0.2, 0.25) is 0 Å². The Kier molecular flexibility index (Phi) is 3.71. The van der Waals surface area contributed by atoms with Gasteiger partial charge in [0, 0.05) is 18.8 Å². The van der Waals surface area contributed by atoms with Crippen LogP contribution in [0, 0.1) is 6.92 Å². The molecule has 1 atom stereocenters. The van der Waals surface area contributed by atoms with Crippen LogP contribution in [-0.4, -0.2) is 22.7 Å². The van der Waals surface area contributed by atoms with E-state index in [2.05, 4.69) is 10.3 Å². The Balaban J connectivity index is 2.58. The van der Waals surface area contributed by atoms with Crippen LogP contribution in [0.25, 0.3) is 0 Å². The van der Waals surface area contributed by atoms with Crippen molar-refractivity contribution in [1.82, 2.24) is 4.98 Å². The number of aromatic nitrogens is 1. The molecule has 0 bridgehead atoms. The highest BCUT2D eigenvalue weighted by molar-refractivity contribution is 5.43. The quantitative estimate of drug-likeness (QED) is 0.739. The molecule has 1 aromatic heterocycles. The Morgan fingerprint density at radius 3 is 3.00 bits per heavy atom. The van der Waals surface area contributed by atoms with Crippen LogP contribution in [0.15, 0.2) is 18.3 Å². The van der Waals surface area contributed by atoms with Gasteiger partial charge in [-0.2, -0.15) is 0 Å². The third-order valence-electron chi connectivity index (χ3n) is 1.95. The first kappa shape index (κ1) is 9.99. The lowest BCUT2D eigenvalue weighted by molar-refractivity contribution is 0.282. The minimum absolute atomic E-state index is 0.208. The van der Waals surface area contributed by atoms with Crippen LogP contribution < -0.4 is 5.32 Å². The second-order valence-electron chi connectivity index (χ2n) is 3.23. The second-order valence-corrected chi connectivity index (χ2v) is 3.23. The summed E-state index contributed by atoms with van der Waals surface area (Å²) in [6.07, 6.45) is 2.51. The number of pyridine rings is 1. The largest absolute Gasteiger partial charge is 0.396 e. The highest BCUT2D eigenvalue weighted by atomic mass is 16.3. The van der Waals surface area contributed by atoms with Gasteiger partial charge in [0.05, 0.1) is 0 Å². The van der Waals surface area contributed by atoms with E-state index < -0.39 is 0 Å². The summed E-state index contributed by atoms with van der Waals surface area (Å²) in [6.45, 7) is 4.26. The zero-order chi connectivity index (χ0) is 9.68. The number of rotatable bonds is 4. The maximum absolute atomic E-state index is 8.72. The number of aryl methyl sites for hydroxylation is 1. The van der Waals surface area contributed by atoms with E-state index in [9.17, 15) is 0 Å². The average Bonchev–Trinajstić information content (AvgIpc) is 2.09. The summed E-state index contributed by atoms with van der Waals surface area (Å²) in [6, 6.07) is 4.19. The van der Waals surface area contributed by atoms with E-state index in [4.69, 9.17) is 5.11 Å². The molecule has 1 rings (SSSR count). The first-order valence-electron chi connectivity index (χ1n) is 4.53. The number of hydrogen-bond donors (Lipinski definition) is 2. The molecule has 0 saturated carbocycles. The minimum Gasteiger partial charge on any atom is -0.396 e. The number of hydrogen-bond acceptors (Lipinski definition) is 3. The van der Waals surface area contributed by atoms with Gasteiger partial charge in [0.1, 0.15) is 5.82 Å². The molecule has 1 heterocycles. The van der Waals surface area contributed by atoms with E-state index in [0.29, 0.717) is 0 Å². The molecular formula is C10H16N2O.